The molecule has 0 radical (unpaired) electrons. The van der Waals surface area contributed by atoms with Crippen molar-refractivity contribution in [2.75, 3.05) is 0 Å². The summed E-state index contributed by atoms with van der Waals surface area (Å²) in [6, 6.07) is 60.6. The molecule has 0 amide bonds. The van der Waals surface area contributed by atoms with E-state index in [-0.39, 0.29) is 21.1 Å². The van der Waals surface area contributed by atoms with Crippen molar-refractivity contribution in [1.82, 2.24) is 34.9 Å². The summed E-state index contributed by atoms with van der Waals surface area (Å²) in [5.41, 5.74) is 8.51. The second-order valence-corrected chi connectivity index (χ2v) is 16.5. The molecule has 0 saturated heterocycles. The predicted octanol–water partition coefficient (Wildman–Crippen LogP) is 12.9. The number of rotatable bonds is 1. The molecule has 3 aromatic heterocycles. The summed E-state index contributed by atoms with van der Waals surface area (Å²) >= 11 is 0. The Morgan fingerprint density at radius 2 is 0.769 bits per heavy atom. The van der Waals surface area contributed by atoms with Crippen LogP contribution >= 0.6 is 0 Å². The van der Waals surface area contributed by atoms with Crippen LogP contribution in [0.4, 0.5) is 0 Å². The molecule has 9 aromatic carbocycles. The fourth-order valence-electron chi connectivity index (χ4n) is 9.68. The third-order valence-corrected chi connectivity index (χ3v) is 12.7. The minimum absolute atomic E-state index is 0. The van der Waals surface area contributed by atoms with Crippen LogP contribution in [-0.2, 0) is 21.1 Å². The van der Waals surface area contributed by atoms with E-state index >= 15 is 0 Å². The number of fused-ring (bicyclic) bond motifs is 24. The molecular weight excluding hydrogens is 980 g/mol. The molecule has 0 aliphatic carbocycles. The maximum atomic E-state index is 10.3. The Hall–Kier alpha value is -8.37. The van der Waals surface area contributed by atoms with Gasteiger partial charge in [-0.25, -0.2) is 9.97 Å². The molecule has 2 aliphatic rings. The van der Waals surface area contributed by atoms with Crippen LogP contribution < -0.4 is 9.97 Å². The molecule has 0 saturated carbocycles. The van der Waals surface area contributed by atoms with Crippen LogP contribution in [0.3, 0.4) is 0 Å². The quantitative estimate of drug-likeness (QED) is 0.160. The van der Waals surface area contributed by atoms with E-state index in [1.54, 1.807) is 0 Å². The SMILES string of the molecule is N#Cc1cccc(-c2c3nc(nc4[n-]c(nc5nc(nc6[n-]c2c2cc7ccccc7cc62)-c2cc6ccccc6cc2-5)c2cc5ccccc5cc42)-c2cc4ccccc4cc2-3)c1.[Pt+2]. The van der Waals surface area contributed by atoms with Gasteiger partial charge in [-0.3, -0.25) is 0 Å². The zero-order valence-electron chi connectivity index (χ0n) is 34.1. The molecule has 0 fully saturated rings. The number of hydrogen-bond acceptors (Lipinski definition) is 6. The summed E-state index contributed by atoms with van der Waals surface area (Å²) in [5.74, 6) is 1.54. The molecule has 8 bridgehead atoms. The van der Waals surface area contributed by atoms with Gasteiger partial charge in [-0.05, 0) is 142 Å². The largest absolute Gasteiger partial charge is 2.00 e. The zero-order chi connectivity index (χ0) is 42.0. The van der Waals surface area contributed by atoms with Crippen LogP contribution in [0.5, 0.6) is 0 Å². The van der Waals surface area contributed by atoms with Gasteiger partial charge in [0.2, 0.25) is 0 Å². The second kappa shape index (κ2) is 14.1. The van der Waals surface area contributed by atoms with E-state index < -0.39 is 0 Å². The van der Waals surface area contributed by atoms with Crippen LogP contribution in [0.25, 0.3) is 144 Å². The monoisotopic (exact) mass is 1010 g/mol. The van der Waals surface area contributed by atoms with E-state index in [0.717, 1.165) is 98.0 Å². The van der Waals surface area contributed by atoms with E-state index in [1.165, 1.54) is 0 Å². The fraction of sp³-hybridized carbons (Fsp3) is 0. The minimum atomic E-state index is 0. The Labute approximate surface area is 384 Å². The van der Waals surface area contributed by atoms with Gasteiger partial charge in [0, 0.05) is 39.1 Å². The van der Waals surface area contributed by atoms with Gasteiger partial charge in [0.1, 0.15) is 0 Å². The first-order chi connectivity index (χ1) is 31.6. The maximum Gasteiger partial charge on any atom is 2.00 e. The normalized spacial score (nSPS) is 11.9. The first kappa shape index (κ1) is 37.2. The topological polar surface area (TPSA) is 116 Å². The summed E-state index contributed by atoms with van der Waals surface area (Å²) in [6.45, 7) is 0. The molecule has 0 N–H and O–H groups in total. The predicted molar refractivity (Wildman–Crippen MR) is 256 cm³/mol. The third kappa shape index (κ3) is 5.69. The van der Waals surface area contributed by atoms with Crippen LogP contribution in [0, 0.1) is 11.3 Å². The van der Waals surface area contributed by atoms with Crippen molar-refractivity contribution >= 4 is 87.1 Å². The molecule has 65 heavy (non-hydrogen) atoms. The van der Waals surface area contributed by atoms with E-state index in [0.29, 0.717) is 51.2 Å². The molecule has 5 heterocycles. The second-order valence-electron chi connectivity index (χ2n) is 16.5. The van der Waals surface area contributed by atoms with Crippen LogP contribution in [0.15, 0.2) is 170 Å². The van der Waals surface area contributed by atoms with E-state index in [1.807, 2.05) is 72.8 Å². The molecule has 2 aliphatic heterocycles. The number of nitriles is 1. The Morgan fingerprint density at radius 1 is 0.369 bits per heavy atom. The van der Waals surface area contributed by atoms with Gasteiger partial charge in [-0.15, -0.1) is 0 Å². The number of hydrogen-bond donors (Lipinski definition) is 0. The Bertz CT molecular complexity index is 4290. The van der Waals surface area contributed by atoms with E-state index in [4.69, 9.17) is 34.9 Å². The molecule has 0 atom stereocenters. The van der Waals surface area contributed by atoms with Crippen molar-refractivity contribution in [1.29, 1.82) is 5.26 Å². The molecule has 8 nitrogen and oxygen atoms in total. The average molecular weight is 1010 g/mol. The first-order valence-corrected chi connectivity index (χ1v) is 21.1. The summed E-state index contributed by atoms with van der Waals surface area (Å²) in [4.78, 5) is 37.6. The van der Waals surface area contributed by atoms with Crippen molar-refractivity contribution in [2.45, 2.75) is 0 Å². The summed E-state index contributed by atoms with van der Waals surface area (Å²) in [7, 11) is 0. The van der Waals surface area contributed by atoms with Gasteiger partial charge in [-0.2, -0.15) is 5.26 Å². The Balaban J connectivity index is 0.00000423. The van der Waals surface area contributed by atoms with Crippen LogP contribution in [0.1, 0.15) is 5.56 Å². The standard InChI is InChI=1S/C56H28N8.Pt/c57-29-30-10-9-19-39(20-30)48-49-40-21-31-11-1-3-13-33(31)23-42(40)51(58-49)60-53-44-25-35-15-5-7-17-37(35)27-46(44)55(62-53)64-56-47-28-38-18-8-6-16-36(38)26-45(47)54(63-56)61-52-43-24-34-14-4-2-12-32(34)22-41(43)50(48)59-52;/h1-28H;/q-2;+2. The van der Waals surface area contributed by atoms with Crippen molar-refractivity contribution < 1.29 is 21.1 Å². The van der Waals surface area contributed by atoms with Crippen LogP contribution in [0.2, 0.25) is 0 Å². The first-order valence-electron chi connectivity index (χ1n) is 21.1. The number of aromatic nitrogens is 7. The fourth-order valence-corrected chi connectivity index (χ4v) is 9.68. The zero-order valence-corrected chi connectivity index (χ0v) is 36.3. The molecule has 12 aromatic rings. The van der Waals surface area contributed by atoms with Crippen molar-refractivity contribution in [3.05, 3.63) is 175 Å². The van der Waals surface area contributed by atoms with Gasteiger partial charge in [0.05, 0.1) is 34.8 Å². The summed E-state index contributed by atoms with van der Waals surface area (Å²) in [5, 5.41) is 22.3. The molecule has 0 unspecified atom stereocenters. The van der Waals surface area contributed by atoms with Crippen molar-refractivity contribution in [2.24, 2.45) is 0 Å². The van der Waals surface area contributed by atoms with Crippen molar-refractivity contribution in [3.63, 3.8) is 0 Å². The summed E-state index contributed by atoms with van der Waals surface area (Å²) in [6.07, 6.45) is 0. The van der Waals surface area contributed by atoms with Gasteiger partial charge >= 0.3 is 21.1 Å². The molecule has 0 spiro atoms. The van der Waals surface area contributed by atoms with Crippen molar-refractivity contribution in [3.8, 4) is 62.6 Å². The minimum Gasteiger partial charge on any atom is -0.435 e. The molecular formula is C56H28N8Pt. The number of nitrogens with zero attached hydrogens (tertiary/aromatic N) is 8. The van der Waals surface area contributed by atoms with E-state index in [2.05, 4.69) is 103 Å². The maximum absolute atomic E-state index is 10.3. The smallest absolute Gasteiger partial charge is 0.435 e. The molecule has 9 heteroatoms. The Morgan fingerprint density at radius 3 is 1.26 bits per heavy atom. The van der Waals surface area contributed by atoms with Gasteiger partial charge in [-0.1, -0.05) is 109 Å². The number of benzene rings is 9. The van der Waals surface area contributed by atoms with Gasteiger partial charge in [0.15, 0.2) is 0 Å². The van der Waals surface area contributed by atoms with E-state index in [9.17, 15) is 5.26 Å². The molecule has 302 valence electrons. The summed E-state index contributed by atoms with van der Waals surface area (Å²) < 4.78 is 0. The molecule has 14 rings (SSSR count). The van der Waals surface area contributed by atoms with Crippen LogP contribution in [-0.4, -0.2) is 24.9 Å². The van der Waals surface area contributed by atoms with Gasteiger partial charge in [0.25, 0.3) is 0 Å². The third-order valence-electron chi connectivity index (χ3n) is 12.7. The average Bonchev–Trinajstić information content (AvgIpc) is 4.06. The Kier molecular flexibility index (Phi) is 8.05. The van der Waals surface area contributed by atoms with Gasteiger partial charge < -0.3 is 24.9 Å².